The minimum Gasteiger partial charge on any atom is -0.454 e. The van der Waals surface area contributed by atoms with Crippen molar-refractivity contribution in [1.82, 2.24) is 0 Å². The molecule has 4 aromatic heterocycles. The SMILES string of the molecule is c1cc2ccc3c(N(c4cccc5c4oc4ccccc45)c4cccc5c4oc4ccccc45)cc(N(c4cccc5c4oc4ccccc45)c4cccc5c4oc4ccccc45)c4ccc(c1)c2c34. The van der Waals surface area contributed by atoms with Crippen molar-refractivity contribution in [3.63, 3.8) is 0 Å². The van der Waals surface area contributed by atoms with E-state index in [2.05, 4.69) is 180 Å². The van der Waals surface area contributed by atoms with Gasteiger partial charge in [0.2, 0.25) is 0 Å². The number of anilines is 6. The quantitative estimate of drug-likeness (QED) is 0.155. The summed E-state index contributed by atoms with van der Waals surface area (Å²) in [4.78, 5) is 4.74. The Hall–Kier alpha value is -9.52. The van der Waals surface area contributed by atoms with Crippen LogP contribution in [0.2, 0.25) is 0 Å². The first-order valence-electron chi connectivity index (χ1n) is 23.7. The highest BCUT2D eigenvalue weighted by molar-refractivity contribution is 6.30. The van der Waals surface area contributed by atoms with Crippen molar-refractivity contribution in [3.8, 4) is 0 Å². The highest BCUT2D eigenvalue weighted by Crippen LogP contribution is 2.55. The van der Waals surface area contributed by atoms with Crippen LogP contribution >= 0.6 is 0 Å². The maximum Gasteiger partial charge on any atom is 0.159 e. The molecular formula is C64H36N2O4. The van der Waals surface area contributed by atoms with Crippen LogP contribution in [0.15, 0.2) is 236 Å². The van der Waals surface area contributed by atoms with Crippen LogP contribution in [0.4, 0.5) is 34.1 Å². The summed E-state index contributed by atoms with van der Waals surface area (Å²) in [6.45, 7) is 0. The molecule has 326 valence electrons. The lowest BCUT2D eigenvalue weighted by Gasteiger charge is -2.32. The molecule has 0 fully saturated rings. The number of furan rings is 4. The third kappa shape index (κ3) is 5.11. The second kappa shape index (κ2) is 14.0. The van der Waals surface area contributed by atoms with Gasteiger partial charge in [0.15, 0.2) is 22.3 Å². The minimum atomic E-state index is 0.778. The molecule has 0 bridgehead atoms. The van der Waals surface area contributed by atoms with E-state index in [4.69, 9.17) is 17.7 Å². The molecule has 6 heteroatoms. The number of hydrogen-bond acceptors (Lipinski definition) is 6. The standard InChI is InChI=1S/C64H36N2O4/c1-5-28-55-39(16-1)43-20-10-24-49(61(43)67-55)65(50-25-11-21-44-40-17-2-6-29-56(40)68-62(44)50)53-36-54(48-35-33-38-15-9-14-37-32-34-47(53)60(48)59(37)38)66(51-26-12-22-45-41-18-3-7-30-57(41)69-63(45)51)52-27-13-23-46-42-19-4-8-31-58(42)70-64(46)52/h1-36H. The first kappa shape index (κ1) is 37.6. The molecule has 0 aliphatic heterocycles. The molecule has 0 spiro atoms. The Kier molecular flexibility index (Phi) is 7.52. The normalized spacial score (nSPS) is 12.3. The highest BCUT2D eigenvalue weighted by atomic mass is 16.3. The monoisotopic (exact) mass is 896 g/mol. The molecule has 16 rings (SSSR count). The van der Waals surface area contributed by atoms with Crippen LogP contribution in [0.1, 0.15) is 0 Å². The number of para-hydroxylation sites is 8. The fraction of sp³-hybridized carbons (Fsp3) is 0. The zero-order valence-corrected chi connectivity index (χ0v) is 37.3. The van der Waals surface area contributed by atoms with E-state index in [1.165, 1.54) is 5.39 Å². The van der Waals surface area contributed by atoms with Gasteiger partial charge in [-0.05, 0) is 70.8 Å². The Morgan fingerprint density at radius 2 is 0.514 bits per heavy atom. The van der Waals surface area contributed by atoms with Gasteiger partial charge in [-0.1, -0.05) is 164 Å². The van der Waals surface area contributed by atoms with Crippen LogP contribution < -0.4 is 9.80 Å². The summed E-state index contributed by atoms with van der Waals surface area (Å²) < 4.78 is 27.9. The Morgan fingerprint density at radius 3 is 0.857 bits per heavy atom. The molecule has 0 radical (unpaired) electrons. The summed E-state index contributed by atoms with van der Waals surface area (Å²) >= 11 is 0. The topological polar surface area (TPSA) is 59.0 Å². The molecule has 0 N–H and O–H groups in total. The maximum absolute atomic E-state index is 6.97. The number of rotatable bonds is 6. The number of nitrogens with zero attached hydrogens (tertiary/aromatic N) is 2. The lowest BCUT2D eigenvalue weighted by atomic mass is 9.91. The third-order valence-electron chi connectivity index (χ3n) is 14.6. The Balaban J connectivity index is 1.10. The van der Waals surface area contributed by atoms with Crippen LogP contribution in [0.3, 0.4) is 0 Å². The van der Waals surface area contributed by atoms with E-state index in [1.54, 1.807) is 0 Å². The van der Waals surface area contributed by atoms with Gasteiger partial charge in [0, 0.05) is 59.2 Å². The predicted octanol–water partition coefficient (Wildman–Crippen LogP) is 19.1. The van der Waals surface area contributed by atoms with Gasteiger partial charge < -0.3 is 27.5 Å². The molecule has 0 aliphatic rings. The summed E-state index contributed by atoms with van der Waals surface area (Å²) in [6, 6.07) is 77.1. The van der Waals surface area contributed by atoms with Gasteiger partial charge in [-0.15, -0.1) is 0 Å². The summed E-state index contributed by atoms with van der Waals surface area (Å²) in [5.41, 5.74) is 11.8. The molecular weight excluding hydrogens is 861 g/mol. The maximum atomic E-state index is 6.97. The summed E-state index contributed by atoms with van der Waals surface area (Å²) in [5, 5.41) is 15.2. The molecule has 0 aliphatic carbocycles. The molecule has 70 heavy (non-hydrogen) atoms. The fourth-order valence-corrected chi connectivity index (χ4v) is 11.6. The summed E-state index contributed by atoms with van der Waals surface area (Å²) in [7, 11) is 0. The molecule has 6 nitrogen and oxygen atoms in total. The second-order valence-corrected chi connectivity index (χ2v) is 18.3. The first-order chi connectivity index (χ1) is 34.7. The average molecular weight is 897 g/mol. The van der Waals surface area contributed by atoms with Crippen molar-refractivity contribution in [2.75, 3.05) is 9.80 Å². The largest absolute Gasteiger partial charge is 0.454 e. The van der Waals surface area contributed by atoms with Crippen molar-refractivity contribution in [2.45, 2.75) is 0 Å². The predicted molar refractivity (Wildman–Crippen MR) is 289 cm³/mol. The van der Waals surface area contributed by atoms with Gasteiger partial charge in [-0.3, -0.25) is 0 Å². The number of hydrogen-bond donors (Lipinski definition) is 0. The van der Waals surface area contributed by atoms with E-state index in [0.29, 0.717) is 0 Å². The molecule has 0 amide bonds. The van der Waals surface area contributed by atoms with Gasteiger partial charge in [0.1, 0.15) is 22.3 Å². The van der Waals surface area contributed by atoms with Crippen molar-refractivity contribution >= 4 is 154 Å². The van der Waals surface area contributed by atoms with Crippen LogP contribution in [-0.4, -0.2) is 0 Å². The molecule has 0 atom stereocenters. The van der Waals surface area contributed by atoms with E-state index in [0.717, 1.165) is 149 Å². The van der Waals surface area contributed by atoms with E-state index in [9.17, 15) is 0 Å². The lowest BCUT2D eigenvalue weighted by molar-refractivity contribution is 0.665. The first-order valence-corrected chi connectivity index (χ1v) is 23.7. The van der Waals surface area contributed by atoms with Crippen molar-refractivity contribution in [3.05, 3.63) is 218 Å². The van der Waals surface area contributed by atoms with Crippen LogP contribution in [0, 0.1) is 0 Å². The molecule has 4 heterocycles. The smallest absolute Gasteiger partial charge is 0.159 e. The van der Waals surface area contributed by atoms with Gasteiger partial charge in [0.25, 0.3) is 0 Å². The van der Waals surface area contributed by atoms with Gasteiger partial charge >= 0.3 is 0 Å². The Morgan fingerprint density at radius 1 is 0.214 bits per heavy atom. The number of benzene rings is 12. The van der Waals surface area contributed by atoms with E-state index >= 15 is 0 Å². The zero-order valence-electron chi connectivity index (χ0n) is 37.3. The summed E-state index contributed by atoms with van der Waals surface area (Å²) in [5.74, 6) is 0. The van der Waals surface area contributed by atoms with E-state index in [1.807, 2.05) is 48.5 Å². The molecule has 12 aromatic carbocycles. The number of fused-ring (bicyclic) bond motifs is 12. The van der Waals surface area contributed by atoms with Crippen molar-refractivity contribution < 1.29 is 17.7 Å². The average Bonchev–Trinajstić information content (AvgIpc) is 4.20. The van der Waals surface area contributed by atoms with Gasteiger partial charge in [0.05, 0.1) is 34.1 Å². The van der Waals surface area contributed by atoms with Gasteiger partial charge in [-0.2, -0.15) is 0 Å². The van der Waals surface area contributed by atoms with Crippen LogP contribution in [0.25, 0.3) is 120 Å². The molecule has 16 aromatic rings. The van der Waals surface area contributed by atoms with Crippen LogP contribution in [0.5, 0.6) is 0 Å². The molecule has 0 unspecified atom stereocenters. The second-order valence-electron chi connectivity index (χ2n) is 18.3. The van der Waals surface area contributed by atoms with Crippen molar-refractivity contribution in [2.24, 2.45) is 0 Å². The molecule has 0 saturated carbocycles. The fourth-order valence-electron chi connectivity index (χ4n) is 11.6. The Bertz CT molecular complexity index is 4290. The zero-order chi connectivity index (χ0) is 45.6. The minimum absolute atomic E-state index is 0.778. The van der Waals surface area contributed by atoms with E-state index < -0.39 is 0 Å². The van der Waals surface area contributed by atoms with Gasteiger partial charge in [-0.25, -0.2) is 0 Å². The van der Waals surface area contributed by atoms with E-state index in [-0.39, 0.29) is 0 Å². The van der Waals surface area contributed by atoms with Crippen LogP contribution in [-0.2, 0) is 0 Å². The van der Waals surface area contributed by atoms with Crippen molar-refractivity contribution in [1.29, 1.82) is 0 Å². The summed E-state index contributed by atoms with van der Waals surface area (Å²) in [6.07, 6.45) is 0. The molecule has 0 saturated heterocycles. The lowest BCUT2D eigenvalue weighted by Crippen LogP contribution is -2.15. The Labute approximate surface area is 398 Å². The highest BCUT2D eigenvalue weighted by Gasteiger charge is 2.31. The third-order valence-corrected chi connectivity index (χ3v) is 14.6.